The first-order chi connectivity index (χ1) is 54.4. The molecule has 2 aromatic carbocycles. The number of hydrogen-bond donors (Lipinski definition) is 2. The summed E-state index contributed by atoms with van der Waals surface area (Å²) in [5, 5.41) is 0.427. The van der Waals surface area contributed by atoms with Gasteiger partial charge in [0, 0.05) is 62.7 Å². The Hall–Kier alpha value is -8.42. The summed E-state index contributed by atoms with van der Waals surface area (Å²) in [4.78, 5) is 125. The van der Waals surface area contributed by atoms with Crippen molar-refractivity contribution < 1.29 is 110 Å². The van der Waals surface area contributed by atoms with Crippen molar-refractivity contribution in [3.63, 3.8) is 0 Å². The topological polar surface area (TPSA) is 317 Å². The number of fused-ring (bicyclic) bond motifs is 6. The van der Waals surface area contributed by atoms with E-state index >= 15 is 0 Å². The molecule has 0 spiro atoms. The fourth-order valence-electron chi connectivity index (χ4n) is 16.8. The van der Waals surface area contributed by atoms with Crippen molar-refractivity contribution in [3.05, 3.63) is 84.7 Å². The van der Waals surface area contributed by atoms with E-state index in [9.17, 15) is 81.5 Å². The Morgan fingerprint density at radius 2 is 0.914 bits per heavy atom. The highest BCUT2D eigenvalue weighted by molar-refractivity contribution is 7.91. The van der Waals surface area contributed by atoms with E-state index in [-0.39, 0.29) is 86.7 Å². The van der Waals surface area contributed by atoms with Crippen LogP contribution >= 0.6 is 0 Å². The maximum absolute atomic E-state index is 15.0. The van der Waals surface area contributed by atoms with Crippen molar-refractivity contribution in [2.24, 2.45) is 58.2 Å². The quantitative estimate of drug-likeness (QED) is 0.0419. The number of carbonyl (C=O) groups is 8. The van der Waals surface area contributed by atoms with Crippen LogP contribution in [0.5, 0.6) is 23.3 Å². The highest BCUT2D eigenvalue weighted by Gasteiger charge is 2.64. The molecule has 4 aliphatic carbocycles. The zero-order valence-electron chi connectivity index (χ0n) is 67.8. The van der Waals surface area contributed by atoms with Crippen LogP contribution in [0.4, 0.5) is 26.3 Å². The molecule has 24 nitrogen and oxygen atoms in total. The molecule has 4 saturated carbocycles. The van der Waals surface area contributed by atoms with Crippen LogP contribution in [0, 0.1) is 69.8 Å². The van der Waals surface area contributed by atoms with Crippen molar-refractivity contribution in [2.45, 2.75) is 255 Å². The molecule has 4 amide bonds. The van der Waals surface area contributed by atoms with Crippen LogP contribution in [0.3, 0.4) is 0 Å². The molecule has 2 aromatic heterocycles. The summed E-state index contributed by atoms with van der Waals surface area (Å²) in [6.07, 6.45) is 13.7. The summed E-state index contributed by atoms with van der Waals surface area (Å²) in [5.41, 5.74) is -7.07. The maximum Gasteiger partial charge on any atom is 0.307 e. The van der Waals surface area contributed by atoms with E-state index in [1.807, 2.05) is 52.0 Å². The number of benzene rings is 2. The second kappa shape index (κ2) is 34.5. The minimum Gasteiger partial charge on any atom is -0.494 e. The fraction of sp³-hybridized carbons (Fsp3) is 0.643. The highest BCUT2D eigenvalue weighted by Crippen LogP contribution is 2.59. The lowest BCUT2D eigenvalue weighted by atomic mass is 9.79. The van der Waals surface area contributed by atoms with Crippen molar-refractivity contribution >= 4 is 88.7 Å². The predicted octanol–water partition coefficient (Wildman–Crippen LogP) is 13.4. The summed E-state index contributed by atoms with van der Waals surface area (Å²) in [5.74, 6) is -17.3. The molecule has 6 fully saturated rings. The van der Waals surface area contributed by atoms with Gasteiger partial charge in [-0.2, -0.15) is 0 Å². The van der Waals surface area contributed by atoms with Gasteiger partial charge < -0.3 is 38.2 Å². The van der Waals surface area contributed by atoms with Crippen LogP contribution in [0.15, 0.2) is 73.1 Å². The summed E-state index contributed by atoms with van der Waals surface area (Å²) >= 11 is 0. The molecule has 636 valence electrons. The molecule has 116 heavy (non-hydrogen) atoms. The Labute approximate surface area is 673 Å². The number of pyridine rings is 2. The molecule has 32 heteroatoms. The molecule has 0 radical (unpaired) electrons. The number of aromatic nitrogens is 2. The highest BCUT2D eigenvalue weighted by atomic mass is 32.2. The van der Waals surface area contributed by atoms with Crippen LogP contribution in [-0.2, 0) is 67.9 Å². The van der Waals surface area contributed by atoms with Crippen LogP contribution in [0.25, 0.3) is 21.5 Å². The van der Waals surface area contributed by atoms with E-state index in [4.69, 9.17) is 28.4 Å². The number of methoxy groups -OCH3 is 2. The first-order valence-corrected chi connectivity index (χ1v) is 43.4. The lowest BCUT2D eigenvalue weighted by Gasteiger charge is -2.35. The number of rotatable bonds is 22. The third-order valence-electron chi connectivity index (χ3n) is 25.2. The number of nitrogens with zero attached hydrogens (tertiary/aromatic N) is 4. The van der Waals surface area contributed by atoms with Gasteiger partial charge in [-0.15, -0.1) is 0 Å². The van der Waals surface area contributed by atoms with Gasteiger partial charge >= 0.3 is 11.9 Å². The third-order valence-corrected chi connectivity index (χ3v) is 28.8. The van der Waals surface area contributed by atoms with Gasteiger partial charge in [0.25, 0.3) is 11.8 Å². The number of allylic oxidation sites excluding steroid dienone is 4. The average Bonchev–Trinajstić information content (AvgIpc) is 1.57. The van der Waals surface area contributed by atoms with Crippen LogP contribution in [-0.4, -0.2) is 169 Å². The molecule has 0 unspecified atom stereocenters. The Kier molecular flexibility index (Phi) is 26.3. The Morgan fingerprint density at radius 1 is 0.552 bits per heavy atom. The van der Waals surface area contributed by atoms with E-state index in [1.165, 1.54) is 60.7 Å². The monoisotopic (exact) mass is 1670 g/mol. The molecule has 14 atom stereocenters. The van der Waals surface area contributed by atoms with E-state index in [0.717, 1.165) is 27.7 Å². The number of esters is 2. The van der Waals surface area contributed by atoms with Crippen molar-refractivity contribution in [1.82, 2.24) is 29.2 Å². The minimum atomic E-state index is -3.94. The lowest BCUT2D eigenvalue weighted by molar-refractivity contribution is -0.197. The van der Waals surface area contributed by atoms with E-state index in [0.29, 0.717) is 112 Å². The fourth-order valence-corrected chi connectivity index (χ4v) is 19.6. The van der Waals surface area contributed by atoms with Crippen LogP contribution in [0.2, 0.25) is 0 Å². The summed E-state index contributed by atoms with van der Waals surface area (Å²) in [6.45, 7) is 13.2. The maximum atomic E-state index is 15.0. The van der Waals surface area contributed by atoms with Gasteiger partial charge in [-0.3, -0.25) is 47.8 Å². The second-order valence-electron chi connectivity index (χ2n) is 34.6. The summed E-state index contributed by atoms with van der Waals surface area (Å²) in [6, 6.07) is 6.37. The molecule has 0 bridgehead atoms. The predicted molar refractivity (Wildman–Crippen MR) is 416 cm³/mol. The number of alkyl halides is 4. The number of nitrogens with one attached hydrogen (secondary N) is 2. The zero-order chi connectivity index (χ0) is 84.7. The Morgan fingerprint density at radius 3 is 1.24 bits per heavy atom. The molecular weight excluding hydrogens is 1560 g/mol. The van der Waals surface area contributed by atoms with Gasteiger partial charge in [0.05, 0.1) is 85.4 Å². The molecule has 2 saturated heterocycles. The second-order valence-corrected chi connectivity index (χ2v) is 38.5. The molecular formula is C84H108F6N6O18S2. The summed E-state index contributed by atoms with van der Waals surface area (Å²) in [7, 11) is -5.19. The number of ether oxygens (including phenoxy) is 6. The van der Waals surface area contributed by atoms with Crippen molar-refractivity contribution in [3.8, 4) is 23.3 Å². The van der Waals surface area contributed by atoms with Crippen LogP contribution in [0.1, 0.15) is 198 Å². The molecule has 8 aliphatic rings. The number of sulfonamides is 2. The zero-order valence-corrected chi connectivity index (χ0v) is 69.4. The van der Waals surface area contributed by atoms with E-state index < -0.39 is 196 Å². The van der Waals surface area contributed by atoms with Gasteiger partial charge in [0.15, 0.2) is 45.9 Å². The number of Topliss-reactive ketones (excluding diaryl/α,β-unsaturated/α-hetero) is 2. The van der Waals surface area contributed by atoms with E-state index in [2.05, 4.69) is 19.4 Å². The normalized spacial score (nSPS) is 29.1. The minimum absolute atomic E-state index is 0.0131. The van der Waals surface area contributed by atoms with Gasteiger partial charge in [-0.1, -0.05) is 64.8 Å². The Bertz CT molecular complexity index is 4430. The molecule has 4 aromatic rings. The van der Waals surface area contributed by atoms with Crippen LogP contribution < -0.4 is 28.4 Å². The van der Waals surface area contributed by atoms with E-state index in [1.54, 1.807) is 12.1 Å². The van der Waals surface area contributed by atoms with Crippen molar-refractivity contribution in [2.75, 3.05) is 27.3 Å². The molecule has 4 aliphatic heterocycles. The average molecular weight is 1670 g/mol. The summed E-state index contributed by atoms with van der Waals surface area (Å²) < 4.78 is 177. The van der Waals surface area contributed by atoms with Crippen molar-refractivity contribution in [1.29, 1.82) is 0 Å². The number of halogens is 6. The smallest absolute Gasteiger partial charge is 0.307 e. The third kappa shape index (κ3) is 19.8. The standard InChI is InChI=1S/2C42H54F3N3O9S/c2*1-7-25-16-24(2)10-8-9-11-27-21-42(27,39(52)47-58(53,54)29-12-13-29)22-34(49)33-18-28(56-37-30-19-32(43)35(55-6)17-26(30)14-15-46-37)23-48(33)38(51)31(25)20-36(50)57-40(3,4)41(5,44)45/h2*9,11,14-15,17,19,24-25,27-29,31,33H,7-8,10,12-13,16,18,20-23H2,1-6H3,(H,47,52)/b2*11-9-/t24-,25+,27+,28+,31-,33-,42+;24-,25-,27-,28-,31+,33+,42-/m01/s1. The Balaban J connectivity index is 0.000000228. The van der Waals surface area contributed by atoms with Gasteiger partial charge in [0.2, 0.25) is 55.4 Å². The number of hydrogen-bond acceptors (Lipinski definition) is 20. The lowest BCUT2D eigenvalue weighted by Crippen LogP contribution is -2.48. The van der Waals surface area contributed by atoms with Gasteiger partial charge in [-0.05, 0) is 187 Å². The molecule has 2 N–H and O–H groups in total. The number of carbonyl (C=O) groups excluding carboxylic acids is 8. The van der Waals surface area contributed by atoms with Gasteiger partial charge in [0.1, 0.15) is 12.2 Å². The first kappa shape index (κ1) is 88.4. The number of ketones is 2. The molecule has 6 heterocycles. The first-order valence-electron chi connectivity index (χ1n) is 40.3. The largest absolute Gasteiger partial charge is 0.494 e. The molecule has 12 rings (SSSR count). The number of amides is 4. The SMILES string of the molecule is CC[C@@H]1C[C@@H](C)CC/C=C\[C@@H]2C[C@@]2(C(=O)NS(=O)(=O)C2CC2)CC(=O)[C@@H]2C[C@@H](Oc3nccc4cc(OC)c(F)cc34)CN2C(=O)[C@H]1CC(=O)OC(C)(C)C(C)(F)F.CC[C@@H]1C[C@H](C)CC/C=C\[C@@H]2C[C@@]2(C(=O)NS(=O)(=O)C2CC2)CC(=O)[C@@H]2C[C@@H](Oc3nccc4cc(OC)c(F)cc34)CN2C(=O)[C@H]1CC(=O)OC(C)(C)C(C)(F)F. The van der Waals surface area contributed by atoms with Gasteiger partial charge in [-0.25, -0.2) is 53.1 Å².